The van der Waals surface area contributed by atoms with Crippen molar-refractivity contribution < 1.29 is 0 Å². The fourth-order valence-electron chi connectivity index (χ4n) is 3.96. The predicted octanol–water partition coefficient (Wildman–Crippen LogP) is 2.92. The van der Waals surface area contributed by atoms with Crippen molar-refractivity contribution in [1.29, 1.82) is 0 Å². The number of hydrogen-bond acceptors (Lipinski definition) is 2. The maximum Gasteiger partial charge on any atom is 0.191 e. The predicted molar refractivity (Wildman–Crippen MR) is 99.4 cm³/mol. The highest BCUT2D eigenvalue weighted by Gasteiger charge is 2.65. The first-order valence-corrected chi connectivity index (χ1v) is 9.23. The fraction of sp³-hybridized carbons (Fsp3) is 0.789. The zero-order chi connectivity index (χ0) is 17.7. The summed E-state index contributed by atoms with van der Waals surface area (Å²) in [6, 6.07) is 1.30. The van der Waals surface area contributed by atoms with Crippen molar-refractivity contribution in [3.63, 3.8) is 0 Å². The second-order valence-electron chi connectivity index (χ2n) is 8.85. The summed E-state index contributed by atoms with van der Waals surface area (Å²) in [6.07, 6.45) is 5.43. The number of aromatic nitrogens is 2. The van der Waals surface area contributed by atoms with E-state index in [-0.39, 0.29) is 0 Å². The van der Waals surface area contributed by atoms with Gasteiger partial charge in [0.15, 0.2) is 5.96 Å². The molecule has 5 heteroatoms. The standard InChI is InChI=1S/C19H33N5/c1-12(2)24-11-13-8-9-14(10-15(13)23-24)21-17(20-7)22-16-18(3,4)19(16,5)6/h11-12,14,16H,8-10H2,1-7H3,(H2,20,21,22). The van der Waals surface area contributed by atoms with Gasteiger partial charge < -0.3 is 10.6 Å². The summed E-state index contributed by atoms with van der Waals surface area (Å²) in [5, 5.41) is 12.0. The first-order valence-electron chi connectivity index (χ1n) is 9.23. The van der Waals surface area contributed by atoms with Crippen LogP contribution in [0.15, 0.2) is 11.2 Å². The van der Waals surface area contributed by atoms with Gasteiger partial charge in [0.1, 0.15) is 0 Å². The summed E-state index contributed by atoms with van der Waals surface area (Å²) in [4.78, 5) is 4.45. The zero-order valence-corrected chi connectivity index (χ0v) is 16.3. The number of nitrogens with one attached hydrogen (secondary N) is 2. The Hall–Kier alpha value is -1.52. The van der Waals surface area contributed by atoms with Crippen LogP contribution in [0.2, 0.25) is 0 Å². The molecule has 1 atom stereocenters. The van der Waals surface area contributed by atoms with Crippen LogP contribution < -0.4 is 10.6 Å². The summed E-state index contributed by atoms with van der Waals surface area (Å²) in [5.41, 5.74) is 3.27. The Bertz CT molecular complexity index is 624. The summed E-state index contributed by atoms with van der Waals surface area (Å²) in [6.45, 7) is 13.7. The molecule has 3 rings (SSSR count). The molecular formula is C19H33N5. The minimum Gasteiger partial charge on any atom is -0.353 e. The second kappa shape index (κ2) is 5.78. The monoisotopic (exact) mass is 331 g/mol. The van der Waals surface area contributed by atoms with Crippen molar-refractivity contribution in [3.8, 4) is 0 Å². The number of fused-ring (bicyclic) bond motifs is 1. The third-order valence-electron chi connectivity index (χ3n) is 6.49. The second-order valence-corrected chi connectivity index (χ2v) is 8.85. The molecule has 5 nitrogen and oxygen atoms in total. The van der Waals surface area contributed by atoms with E-state index in [0.717, 1.165) is 25.2 Å². The fourth-order valence-corrected chi connectivity index (χ4v) is 3.96. The molecule has 0 spiro atoms. The van der Waals surface area contributed by atoms with Gasteiger partial charge in [-0.05, 0) is 43.1 Å². The molecule has 0 saturated heterocycles. The van der Waals surface area contributed by atoms with E-state index >= 15 is 0 Å². The normalized spacial score (nSPS) is 25.5. The lowest BCUT2D eigenvalue weighted by atomic mass is 9.94. The van der Waals surface area contributed by atoms with Crippen LogP contribution >= 0.6 is 0 Å². The molecule has 2 aliphatic rings. The minimum absolute atomic E-state index is 0.306. The van der Waals surface area contributed by atoms with Gasteiger partial charge in [0.2, 0.25) is 0 Å². The first kappa shape index (κ1) is 17.3. The maximum atomic E-state index is 4.77. The average Bonchev–Trinajstić information content (AvgIpc) is 2.84. The highest BCUT2D eigenvalue weighted by Crippen LogP contribution is 2.62. The molecule has 134 valence electrons. The van der Waals surface area contributed by atoms with Gasteiger partial charge in [-0.15, -0.1) is 0 Å². The third kappa shape index (κ3) is 2.82. The molecule has 1 aromatic heterocycles. The number of aryl methyl sites for hydroxylation is 1. The van der Waals surface area contributed by atoms with Crippen LogP contribution in [-0.4, -0.2) is 34.9 Å². The van der Waals surface area contributed by atoms with Crippen LogP contribution in [0.1, 0.15) is 65.3 Å². The zero-order valence-electron chi connectivity index (χ0n) is 16.3. The lowest BCUT2D eigenvalue weighted by Gasteiger charge is -2.25. The van der Waals surface area contributed by atoms with E-state index in [9.17, 15) is 0 Å². The minimum atomic E-state index is 0.306. The van der Waals surface area contributed by atoms with Crippen LogP contribution in [0.5, 0.6) is 0 Å². The van der Waals surface area contributed by atoms with Gasteiger partial charge in [0, 0.05) is 37.8 Å². The molecule has 24 heavy (non-hydrogen) atoms. The number of hydrogen-bond donors (Lipinski definition) is 2. The van der Waals surface area contributed by atoms with E-state index in [4.69, 9.17) is 5.10 Å². The molecule has 2 aliphatic carbocycles. The quantitative estimate of drug-likeness (QED) is 0.661. The van der Waals surface area contributed by atoms with Crippen molar-refractivity contribution in [2.45, 2.75) is 78.9 Å². The molecule has 0 aliphatic heterocycles. The Balaban J connectivity index is 1.62. The lowest BCUT2D eigenvalue weighted by Crippen LogP contribution is -2.47. The Morgan fingerprint density at radius 3 is 2.46 bits per heavy atom. The van der Waals surface area contributed by atoms with Crippen molar-refractivity contribution in [2.24, 2.45) is 15.8 Å². The summed E-state index contributed by atoms with van der Waals surface area (Å²) in [5.74, 6) is 0.926. The lowest BCUT2D eigenvalue weighted by molar-refractivity contribution is 0.457. The van der Waals surface area contributed by atoms with E-state index in [1.54, 1.807) is 0 Å². The molecule has 1 heterocycles. The summed E-state index contributed by atoms with van der Waals surface area (Å²) >= 11 is 0. The van der Waals surface area contributed by atoms with Crippen LogP contribution in [0, 0.1) is 10.8 Å². The van der Waals surface area contributed by atoms with E-state index in [1.165, 1.54) is 11.3 Å². The van der Waals surface area contributed by atoms with Crippen molar-refractivity contribution in [2.75, 3.05) is 7.05 Å². The largest absolute Gasteiger partial charge is 0.353 e. The van der Waals surface area contributed by atoms with E-state index in [0.29, 0.717) is 29.0 Å². The smallest absolute Gasteiger partial charge is 0.191 e. The molecule has 1 aromatic rings. The molecule has 0 radical (unpaired) electrons. The SMILES string of the molecule is CN=C(NC1CCc2cn(C(C)C)nc2C1)NC1C(C)(C)C1(C)C. The van der Waals surface area contributed by atoms with E-state index in [2.05, 4.69) is 68.0 Å². The Kier molecular flexibility index (Phi) is 4.17. The average molecular weight is 332 g/mol. The molecular weight excluding hydrogens is 298 g/mol. The van der Waals surface area contributed by atoms with Gasteiger partial charge >= 0.3 is 0 Å². The van der Waals surface area contributed by atoms with Crippen LogP contribution in [0.25, 0.3) is 0 Å². The van der Waals surface area contributed by atoms with E-state index < -0.39 is 0 Å². The molecule has 1 unspecified atom stereocenters. The van der Waals surface area contributed by atoms with Crippen molar-refractivity contribution in [1.82, 2.24) is 20.4 Å². The van der Waals surface area contributed by atoms with Crippen LogP contribution in [0.3, 0.4) is 0 Å². The third-order valence-corrected chi connectivity index (χ3v) is 6.49. The van der Waals surface area contributed by atoms with Crippen molar-refractivity contribution >= 4 is 5.96 Å². The summed E-state index contributed by atoms with van der Waals surface area (Å²) in [7, 11) is 1.86. The van der Waals surface area contributed by atoms with Gasteiger partial charge in [-0.3, -0.25) is 9.67 Å². The highest BCUT2D eigenvalue weighted by molar-refractivity contribution is 5.81. The van der Waals surface area contributed by atoms with Gasteiger partial charge in [-0.25, -0.2) is 0 Å². The molecule has 0 amide bonds. The number of guanidine groups is 1. The van der Waals surface area contributed by atoms with Gasteiger partial charge in [-0.2, -0.15) is 5.10 Å². The Morgan fingerprint density at radius 2 is 1.92 bits per heavy atom. The van der Waals surface area contributed by atoms with E-state index in [1.807, 2.05) is 7.05 Å². The van der Waals surface area contributed by atoms with Crippen LogP contribution in [0.4, 0.5) is 0 Å². The summed E-state index contributed by atoms with van der Waals surface area (Å²) < 4.78 is 2.09. The maximum absolute atomic E-state index is 4.77. The Morgan fingerprint density at radius 1 is 1.25 bits per heavy atom. The topological polar surface area (TPSA) is 54.2 Å². The number of rotatable bonds is 3. The van der Waals surface area contributed by atoms with Gasteiger partial charge in [0.05, 0.1) is 5.69 Å². The van der Waals surface area contributed by atoms with Gasteiger partial charge in [-0.1, -0.05) is 27.7 Å². The molecule has 1 fully saturated rings. The molecule has 0 bridgehead atoms. The van der Waals surface area contributed by atoms with Crippen molar-refractivity contribution in [3.05, 3.63) is 17.5 Å². The molecule has 1 saturated carbocycles. The Labute approximate surface area is 146 Å². The highest BCUT2D eigenvalue weighted by atomic mass is 15.3. The molecule has 2 N–H and O–H groups in total. The number of nitrogens with zero attached hydrogens (tertiary/aromatic N) is 3. The molecule has 0 aromatic carbocycles. The van der Waals surface area contributed by atoms with Gasteiger partial charge in [0.25, 0.3) is 0 Å². The first-order chi connectivity index (χ1) is 11.2. The number of aliphatic imine (C=N–C) groups is 1. The van der Waals surface area contributed by atoms with Crippen LogP contribution in [-0.2, 0) is 12.8 Å².